The van der Waals surface area contributed by atoms with Crippen LogP contribution in [0.4, 0.5) is 0 Å². The van der Waals surface area contributed by atoms with Gasteiger partial charge in [-0.1, -0.05) is 6.92 Å². The van der Waals surface area contributed by atoms with E-state index in [1.165, 1.54) is 6.33 Å². The van der Waals surface area contributed by atoms with E-state index in [1.807, 2.05) is 6.92 Å². The Kier molecular flexibility index (Phi) is 5.65. The van der Waals surface area contributed by atoms with E-state index in [0.717, 1.165) is 12.0 Å². The van der Waals surface area contributed by atoms with Crippen molar-refractivity contribution in [1.82, 2.24) is 15.3 Å². The van der Waals surface area contributed by atoms with Crippen LogP contribution in [0.3, 0.4) is 0 Å². The first-order valence-electron chi connectivity index (χ1n) is 5.52. The quantitative estimate of drug-likeness (QED) is 0.717. The standard InChI is InChI=1S/C11H19N3O3/c1-4-8(6-15)12-5-9-10(16-2)13-7-14-11(9)17-3/h7-8,12,15H,4-6H2,1-3H3/t8-/m1/s1. The first-order valence-corrected chi connectivity index (χ1v) is 5.52. The molecular formula is C11H19N3O3. The molecule has 1 atom stereocenters. The van der Waals surface area contributed by atoms with Crippen LogP contribution in [0.2, 0.25) is 0 Å². The lowest BCUT2D eigenvalue weighted by Crippen LogP contribution is -2.31. The van der Waals surface area contributed by atoms with Crippen molar-refractivity contribution in [2.24, 2.45) is 0 Å². The Morgan fingerprint density at radius 2 is 1.88 bits per heavy atom. The SMILES string of the molecule is CC[C@H](CO)NCc1c(OC)ncnc1OC. The molecule has 0 amide bonds. The number of hydrogen-bond acceptors (Lipinski definition) is 6. The van der Waals surface area contributed by atoms with Gasteiger partial charge in [-0.25, -0.2) is 9.97 Å². The maximum Gasteiger partial charge on any atom is 0.224 e. The third-order valence-corrected chi connectivity index (χ3v) is 2.53. The highest BCUT2D eigenvalue weighted by atomic mass is 16.5. The normalized spacial score (nSPS) is 12.2. The summed E-state index contributed by atoms with van der Waals surface area (Å²) in [5.74, 6) is 0.967. The molecule has 1 heterocycles. The van der Waals surface area contributed by atoms with Crippen molar-refractivity contribution >= 4 is 0 Å². The minimum absolute atomic E-state index is 0.0459. The van der Waals surface area contributed by atoms with Gasteiger partial charge in [0.05, 0.1) is 26.4 Å². The molecular weight excluding hydrogens is 222 g/mol. The maximum atomic E-state index is 9.10. The zero-order valence-corrected chi connectivity index (χ0v) is 10.4. The Labute approximate surface area is 101 Å². The maximum absolute atomic E-state index is 9.10. The molecule has 1 rings (SSSR count). The second kappa shape index (κ2) is 7.03. The molecule has 0 aliphatic heterocycles. The molecule has 6 nitrogen and oxygen atoms in total. The Morgan fingerprint density at radius 1 is 1.29 bits per heavy atom. The number of rotatable bonds is 7. The number of aliphatic hydroxyl groups excluding tert-OH is 1. The molecule has 0 aromatic carbocycles. The lowest BCUT2D eigenvalue weighted by Gasteiger charge is -2.16. The van der Waals surface area contributed by atoms with Crippen LogP contribution < -0.4 is 14.8 Å². The smallest absolute Gasteiger partial charge is 0.224 e. The van der Waals surface area contributed by atoms with E-state index in [4.69, 9.17) is 14.6 Å². The molecule has 6 heteroatoms. The Hall–Kier alpha value is -1.40. The summed E-state index contributed by atoms with van der Waals surface area (Å²) in [6.07, 6.45) is 2.24. The number of aliphatic hydroxyl groups is 1. The van der Waals surface area contributed by atoms with Crippen LogP contribution in [0.15, 0.2) is 6.33 Å². The minimum atomic E-state index is 0.0459. The molecule has 0 spiro atoms. The number of aromatic nitrogens is 2. The van der Waals surface area contributed by atoms with Crippen LogP contribution >= 0.6 is 0 Å². The summed E-state index contributed by atoms with van der Waals surface area (Å²) in [7, 11) is 3.10. The minimum Gasteiger partial charge on any atom is -0.481 e. The zero-order chi connectivity index (χ0) is 12.7. The van der Waals surface area contributed by atoms with E-state index >= 15 is 0 Å². The fourth-order valence-electron chi connectivity index (χ4n) is 1.47. The molecule has 0 aliphatic rings. The van der Waals surface area contributed by atoms with Crippen molar-refractivity contribution in [2.75, 3.05) is 20.8 Å². The van der Waals surface area contributed by atoms with Crippen LogP contribution in [0, 0.1) is 0 Å². The zero-order valence-electron chi connectivity index (χ0n) is 10.4. The summed E-state index contributed by atoms with van der Waals surface area (Å²) in [5.41, 5.74) is 0.754. The number of nitrogens with zero attached hydrogens (tertiary/aromatic N) is 2. The first kappa shape index (κ1) is 13.7. The number of ether oxygens (including phenoxy) is 2. The van der Waals surface area contributed by atoms with Gasteiger partial charge in [-0.3, -0.25) is 0 Å². The third kappa shape index (κ3) is 3.54. The summed E-state index contributed by atoms with van der Waals surface area (Å²) >= 11 is 0. The average molecular weight is 241 g/mol. The molecule has 1 aromatic rings. The monoisotopic (exact) mass is 241 g/mol. The van der Waals surface area contributed by atoms with Crippen molar-refractivity contribution in [2.45, 2.75) is 25.9 Å². The second-order valence-electron chi connectivity index (χ2n) is 3.54. The van der Waals surface area contributed by atoms with Crippen molar-refractivity contribution in [1.29, 1.82) is 0 Å². The van der Waals surface area contributed by atoms with E-state index in [2.05, 4.69) is 15.3 Å². The Balaban J connectivity index is 2.80. The summed E-state index contributed by atoms with van der Waals surface area (Å²) in [6.45, 7) is 2.59. The summed E-state index contributed by atoms with van der Waals surface area (Å²) in [4.78, 5) is 8.04. The van der Waals surface area contributed by atoms with E-state index < -0.39 is 0 Å². The first-order chi connectivity index (χ1) is 8.26. The van der Waals surface area contributed by atoms with E-state index in [-0.39, 0.29) is 12.6 Å². The van der Waals surface area contributed by atoms with Crippen molar-refractivity contribution in [3.8, 4) is 11.8 Å². The molecule has 0 fully saturated rings. The second-order valence-corrected chi connectivity index (χ2v) is 3.54. The van der Waals surface area contributed by atoms with Gasteiger partial charge >= 0.3 is 0 Å². The van der Waals surface area contributed by atoms with Gasteiger partial charge in [-0.2, -0.15) is 0 Å². The summed E-state index contributed by atoms with van der Waals surface area (Å²) in [6, 6.07) is 0.0459. The van der Waals surface area contributed by atoms with Crippen molar-refractivity contribution in [3.05, 3.63) is 11.9 Å². The molecule has 0 saturated heterocycles. The Morgan fingerprint density at radius 3 is 2.29 bits per heavy atom. The highest BCUT2D eigenvalue weighted by molar-refractivity contribution is 5.34. The average Bonchev–Trinajstić information content (AvgIpc) is 2.39. The van der Waals surface area contributed by atoms with Gasteiger partial charge in [0.15, 0.2) is 0 Å². The van der Waals surface area contributed by atoms with Gasteiger partial charge < -0.3 is 19.9 Å². The van der Waals surface area contributed by atoms with Crippen molar-refractivity contribution < 1.29 is 14.6 Å². The van der Waals surface area contributed by atoms with Crippen LogP contribution in [0.25, 0.3) is 0 Å². The fourth-order valence-corrected chi connectivity index (χ4v) is 1.47. The van der Waals surface area contributed by atoms with Crippen LogP contribution in [-0.2, 0) is 6.54 Å². The highest BCUT2D eigenvalue weighted by Crippen LogP contribution is 2.23. The van der Waals surface area contributed by atoms with Gasteiger partial charge in [0, 0.05) is 12.6 Å². The number of hydrogen-bond donors (Lipinski definition) is 2. The van der Waals surface area contributed by atoms with Crippen LogP contribution in [0.1, 0.15) is 18.9 Å². The van der Waals surface area contributed by atoms with Gasteiger partial charge in [-0.05, 0) is 6.42 Å². The molecule has 1 aromatic heterocycles. The predicted molar refractivity (Wildman–Crippen MR) is 63.1 cm³/mol. The summed E-state index contributed by atoms with van der Waals surface area (Å²) < 4.78 is 10.3. The van der Waals surface area contributed by atoms with Gasteiger partial charge in [-0.15, -0.1) is 0 Å². The molecule has 96 valence electrons. The van der Waals surface area contributed by atoms with E-state index in [1.54, 1.807) is 14.2 Å². The topological polar surface area (TPSA) is 76.5 Å². The number of methoxy groups -OCH3 is 2. The van der Waals surface area contributed by atoms with E-state index in [0.29, 0.717) is 18.3 Å². The molecule has 0 saturated carbocycles. The van der Waals surface area contributed by atoms with Gasteiger partial charge in [0.25, 0.3) is 0 Å². The molecule has 0 unspecified atom stereocenters. The van der Waals surface area contributed by atoms with Crippen LogP contribution in [0.5, 0.6) is 11.8 Å². The molecule has 2 N–H and O–H groups in total. The molecule has 0 bridgehead atoms. The van der Waals surface area contributed by atoms with Gasteiger partial charge in [0.2, 0.25) is 11.8 Å². The highest BCUT2D eigenvalue weighted by Gasteiger charge is 2.14. The number of nitrogens with one attached hydrogen (secondary N) is 1. The predicted octanol–water partition coefficient (Wildman–Crippen LogP) is 0.354. The van der Waals surface area contributed by atoms with Gasteiger partial charge in [0.1, 0.15) is 6.33 Å². The van der Waals surface area contributed by atoms with E-state index in [9.17, 15) is 0 Å². The third-order valence-electron chi connectivity index (χ3n) is 2.53. The van der Waals surface area contributed by atoms with Crippen molar-refractivity contribution in [3.63, 3.8) is 0 Å². The lowest BCUT2D eigenvalue weighted by atomic mass is 10.2. The fraction of sp³-hybridized carbons (Fsp3) is 0.636. The largest absolute Gasteiger partial charge is 0.481 e. The lowest BCUT2D eigenvalue weighted by molar-refractivity contribution is 0.237. The Bertz CT molecular complexity index is 320. The van der Waals surface area contributed by atoms with Crippen LogP contribution in [-0.4, -0.2) is 41.9 Å². The molecule has 0 radical (unpaired) electrons. The molecule has 0 aliphatic carbocycles. The summed E-state index contributed by atoms with van der Waals surface area (Å²) in [5, 5.41) is 12.3. The molecule has 17 heavy (non-hydrogen) atoms.